The summed E-state index contributed by atoms with van der Waals surface area (Å²) in [5.41, 5.74) is 1.31. The molecule has 0 atom stereocenters. The van der Waals surface area contributed by atoms with Crippen LogP contribution in [0.4, 0.5) is 8.78 Å². The van der Waals surface area contributed by atoms with Gasteiger partial charge in [0.25, 0.3) is 0 Å². The Morgan fingerprint density at radius 1 is 0.964 bits per heavy atom. The molecule has 2 saturated carbocycles. The zero-order valence-electron chi connectivity index (χ0n) is 16.6. The van der Waals surface area contributed by atoms with Crippen LogP contribution in [0.1, 0.15) is 75.7 Å². The largest absolute Gasteiger partial charge is 0.207 e. The van der Waals surface area contributed by atoms with Crippen LogP contribution < -0.4 is 0 Å². The second-order valence-electron chi connectivity index (χ2n) is 8.58. The maximum atomic E-state index is 13.1. The summed E-state index contributed by atoms with van der Waals surface area (Å²) in [7, 11) is 0. The maximum Gasteiger partial charge on any atom is 0.199 e. The van der Waals surface area contributed by atoms with Gasteiger partial charge in [0.15, 0.2) is 5.83 Å². The first-order valence-electron chi connectivity index (χ1n) is 10.8. The van der Waals surface area contributed by atoms with Crippen LogP contribution in [0, 0.1) is 34.9 Å². The molecule has 2 aliphatic carbocycles. The molecule has 0 bridgehead atoms. The van der Waals surface area contributed by atoms with Crippen LogP contribution in [0.3, 0.4) is 0 Å². The minimum atomic E-state index is -0.731. The van der Waals surface area contributed by atoms with E-state index in [0.717, 1.165) is 24.2 Å². The van der Waals surface area contributed by atoms with Gasteiger partial charge in [-0.25, -0.2) is 4.39 Å². The Balaban J connectivity index is 1.35. The molecule has 3 rings (SSSR count). The third-order valence-corrected chi connectivity index (χ3v) is 6.90. The van der Waals surface area contributed by atoms with E-state index in [1.165, 1.54) is 75.5 Å². The number of rotatable bonds is 6. The van der Waals surface area contributed by atoms with Crippen LogP contribution in [-0.2, 0) is 0 Å². The molecule has 3 heteroatoms. The summed E-state index contributed by atoms with van der Waals surface area (Å²) in [5.74, 6) is 2.28. The lowest BCUT2D eigenvalue weighted by atomic mass is 9.68. The first-order valence-corrected chi connectivity index (χ1v) is 10.8. The summed E-state index contributed by atoms with van der Waals surface area (Å²) in [5, 5.41) is 8.37. The molecule has 0 radical (unpaired) electrons. The fourth-order valence-corrected chi connectivity index (χ4v) is 5.23. The van der Waals surface area contributed by atoms with Crippen molar-refractivity contribution in [1.82, 2.24) is 0 Å². The molecule has 0 saturated heterocycles. The Kier molecular flexibility index (Phi) is 7.83. The molecular weight excluding hydrogens is 352 g/mol. The monoisotopic (exact) mass is 383 g/mol. The Morgan fingerprint density at radius 2 is 1.57 bits per heavy atom. The van der Waals surface area contributed by atoms with E-state index in [1.54, 1.807) is 18.2 Å². The van der Waals surface area contributed by atoms with Gasteiger partial charge in [0.2, 0.25) is 0 Å². The quantitative estimate of drug-likeness (QED) is 0.366. The average molecular weight is 384 g/mol. The van der Waals surface area contributed by atoms with E-state index >= 15 is 0 Å². The highest BCUT2D eigenvalue weighted by molar-refractivity contribution is 5.21. The van der Waals surface area contributed by atoms with Gasteiger partial charge < -0.3 is 0 Å². The zero-order chi connectivity index (χ0) is 19.8. The molecule has 0 N–H and O–H groups in total. The molecule has 2 aliphatic rings. The molecule has 28 heavy (non-hydrogen) atoms. The first-order chi connectivity index (χ1) is 13.7. The number of hydrogen-bond donors (Lipinski definition) is 0. The van der Waals surface area contributed by atoms with Gasteiger partial charge in [0.05, 0.1) is 0 Å². The molecule has 0 aromatic heterocycles. The lowest BCUT2D eigenvalue weighted by Gasteiger charge is -2.38. The van der Waals surface area contributed by atoms with Gasteiger partial charge in [-0.05, 0) is 98.8 Å². The molecule has 0 aliphatic heterocycles. The Labute approximate surface area is 168 Å². The number of allylic oxidation sites excluding steroid dienone is 4. The maximum absolute atomic E-state index is 13.1. The zero-order valence-corrected chi connectivity index (χ0v) is 16.6. The van der Waals surface area contributed by atoms with E-state index in [4.69, 9.17) is 5.26 Å². The topological polar surface area (TPSA) is 23.8 Å². The van der Waals surface area contributed by atoms with Crippen molar-refractivity contribution >= 4 is 0 Å². The Morgan fingerprint density at radius 3 is 2.18 bits per heavy atom. The predicted molar refractivity (Wildman–Crippen MR) is 110 cm³/mol. The van der Waals surface area contributed by atoms with Crippen LogP contribution in [-0.4, -0.2) is 0 Å². The molecule has 2 fully saturated rings. The Bertz CT molecular complexity index is 697. The van der Waals surface area contributed by atoms with E-state index in [9.17, 15) is 8.78 Å². The smallest absolute Gasteiger partial charge is 0.199 e. The second kappa shape index (κ2) is 10.6. The third-order valence-electron chi connectivity index (χ3n) is 6.90. The van der Waals surface area contributed by atoms with Crippen molar-refractivity contribution in [1.29, 1.82) is 5.26 Å². The molecule has 0 unspecified atom stereocenters. The van der Waals surface area contributed by atoms with Crippen LogP contribution in [0.25, 0.3) is 0 Å². The molecule has 1 nitrogen and oxygen atoms in total. The number of nitrogens with zero attached hydrogens (tertiary/aromatic N) is 1. The fraction of sp³-hybridized carbons (Fsp3) is 0.560. The predicted octanol–water partition coefficient (Wildman–Crippen LogP) is 7.62. The van der Waals surface area contributed by atoms with Crippen LogP contribution in [0.15, 0.2) is 48.3 Å². The molecule has 0 spiro atoms. The first kappa shape index (κ1) is 20.8. The molecule has 0 amide bonds. The lowest BCUT2D eigenvalue weighted by Crippen LogP contribution is -2.25. The molecule has 1 aromatic carbocycles. The van der Waals surface area contributed by atoms with Gasteiger partial charge in [-0.3, -0.25) is 0 Å². The highest BCUT2D eigenvalue weighted by Gasteiger charge is 2.31. The molecule has 0 heterocycles. The van der Waals surface area contributed by atoms with Crippen molar-refractivity contribution in [3.05, 3.63) is 59.7 Å². The summed E-state index contributed by atoms with van der Waals surface area (Å²) < 4.78 is 25.8. The van der Waals surface area contributed by atoms with E-state index < -0.39 is 5.83 Å². The summed E-state index contributed by atoms with van der Waals surface area (Å²) in [6.07, 6.45) is 17.5. The van der Waals surface area contributed by atoms with Gasteiger partial charge >= 0.3 is 0 Å². The second-order valence-corrected chi connectivity index (χ2v) is 8.58. The van der Waals surface area contributed by atoms with Gasteiger partial charge in [0.1, 0.15) is 11.9 Å². The van der Waals surface area contributed by atoms with Crippen molar-refractivity contribution in [3.63, 3.8) is 0 Å². The lowest BCUT2D eigenvalue weighted by molar-refractivity contribution is 0.157. The Hall–Kier alpha value is -1.95. The number of hydrogen-bond acceptors (Lipinski definition) is 1. The minimum absolute atomic E-state index is 0.143. The van der Waals surface area contributed by atoms with E-state index in [1.807, 2.05) is 18.2 Å². The highest BCUT2D eigenvalue weighted by atomic mass is 19.1. The van der Waals surface area contributed by atoms with E-state index in [0.29, 0.717) is 5.92 Å². The van der Waals surface area contributed by atoms with Crippen molar-refractivity contribution in [3.8, 4) is 6.07 Å². The van der Waals surface area contributed by atoms with Crippen LogP contribution in [0.5, 0.6) is 0 Å². The summed E-state index contributed by atoms with van der Waals surface area (Å²) in [4.78, 5) is 0. The fourth-order valence-electron chi connectivity index (χ4n) is 5.23. The van der Waals surface area contributed by atoms with Crippen LogP contribution >= 0.6 is 0 Å². The standard InChI is InChI=1S/C25H31F2N/c26-24-16-14-23(15-17-24)22-12-10-21(11-13-22)20-8-6-19(7-9-20)4-2-1-3-5-25(27)18-28/h1,3,5,14-17,19-22H,2,4,6-13H2/b3-1+,25-5-/t19?,20?,21-,22-. The van der Waals surface area contributed by atoms with Crippen molar-refractivity contribution in [2.75, 3.05) is 0 Å². The van der Waals surface area contributed by atoms with Crippen molar-refractivity contribution in [2.45, 2.75) is 70.1 Å². The highest BCUT2D eigenvalue weighted by Crippen LogP contribution is 2.44. The average Bonchev–Trinajstić information content (AvgIpc) is 2.74. The van der Waals surface area contributed by atoms with Gasteiger partial charge in [-0.2, -0.15) is 9.65 Å². The summed E-state index contributed by atoms with van der Waals surface area (Å²) >= 11 is 0. The third kappa shape index (κ3) is 6.03. The van der Waals surface area contributed by atoms with Gasteiger partial charge in [-0.1, -0.05) is 37.1 Å². The normalized spacial score (nSPS) is 29.0. The number of benzene rings is 1. The van der Waals surface area contributed by atoms with Gasteiger partial charge in [-0.15, -0.1) is 0 Å². The molecule has 1 aromatic rings. The molecular formula is C25H31F2N. The van der Waals surface area contributed by atoms with Gasteiger partial charge in [0, 0.05) is 0 Å². The summed E-state index contributed by atoms with van der Waals surface area (Å²) in [6.45, 7) is 0. The van der Waals surface area contributed by atoms with Crippen molar-refractivity contribution < 1.29 is 8.78 Å². The van der Waals surface area contributed by atoms with E-state index in [-0.39, 0.29) is 5.82 Å². The van der Waals surface area contributed by atoms with Crippen LogP contribution in [0.2, 0.25) is 0 Å². The molecule has 150 valence electrons. The van der Waals surface area contributed by atoms with Crippen molar-refractivity contribution in [2.24, 2.45) is 17.8 Å². The number of nitriles is 1. The SMILES string of the molecule is N#C/C(F)=C/C=C/CCC1CCC([C@H]2CC[C@H](c3ccc(F)cc3)CC2)CC1. The number of halogens is 2. The minimum Gasteiger partial charge on any atom is -0.207 e. The summed E-state index contributed by atoms with van der Waals surface area (Å²) in [6, 6.07) is 8.59. The van der Waals surface area contributed by atoms with E-state index in [2.05, 4.69) is 0 Å².